The SMILES string of the molecule is CN(C)N=Nc1ccc(N(C)C)c(C(F)(F)F)c1. The van der Waals surface area contributed by atoms with Gasteiger partial charge in [0.05, 0.1) is 11.3 Å². The molecule has 0 aliphatic heterocycles. The minimum Gasteiger partial charge on any atom is -0.377 e. The summed E-state index contributed by atoms with van der Waals surface area (Å²) in [4.78, 5) is 1.41. The lowest BCUT2D eigenvalue weighted by Gasteiger charge is -2.19. The van der Waals surface area contributed by atoms with Gasteiger partial charge in [-0.15, -0.1) is 5.11 Å². The molecule has 0 saturated heterocycles. The molecular formula is C11H15F3N4. The maximum atomic E-state index is 12.9. The van der Waals surface area contributed by atoms with Crippen LogP contribution in [0.15, 0.2) is 28.5 Å². The first kappa shape index (κ1) is 14.3. The largest absolute Gasteiger partial charge is 0.418 e. The molecule has 0 heterocycles. The average Bonchev–Trinajstić information content (AvgIpc) is 2.24. The second-order valence-electron chi connectivity index (χ2n) is 4.13. The van der Waals surface area contributed by atoms with Crippen LogP contribution in [0.4, 0.5) is 24.5 Å². The summed E-state index contributed by atoms with van der Waals surface area (Å²) in [5, 5.41) is 8.79. The van der Waals surface area contributed by atoms with Gasteiger partial charge in [0.2, 0.25) is 0 Å². The van der Waals surface area contributed by atoms with E-state index in [1.54, 1.807) is 28.2 Å². The lowest BCUT2D eigenvalue weighted by molar-refractivity contribution is -0.137. The first-order chi connectivity index (χ1) is 8.21. The fourth-order valence-electron chi connectivity index (χ4n) is 1.34. The van der Waals surface area contributed by atoms with E-state index in [1.165, 1.54) is 22.0 Å². The fraction of sp³-hybridized carbons (Fsp3) is 0.455. The zero-order valence-corrected chi connectivity index (χ0v) is 10.7. The van der Waals surface area contributed by atoms with E-state index in [9.17, 15) is 13.2 Å². The number of alkyl halides is 3. The highest BCUT2D eigenvalue weighted by molar-refractivity contribution is 5.59. The monoisotopic (exact) mass is 260 g/mol. The number of hydrogen-bond acceptors (Lipinski definition) is 3. The Kier molecular flexibility index (Phi) is 4.15. The molecule has 0 saturated carbocycles. The highest BCUT2D eigenvalue weighted by Crippen LogP contribution is 2.38. The summed E-state index contributed by atoms with van der Waals surface area (Å²) in [5.74, 6) is 0. The Balaban J connectivity index is 3.22. The molecule has 0 unspecified atom stereocenters. The zero-order chi connectivity index (χ0) is 13.9. The van der Waals surface area contributed by atoms with E-state index in [0.717, 1.165) is 6.07 Å². The molecule has 0 spiro atoms. The molecule has 0 aromatic heterocycles. The number of benzene rings is 1. The summed E-state index contributed by atoms with van der Waals surface area (Å²) >= 11 is 0. The van der Waals surface area contributed by atoms with Crippen LogP contribution in [0.3, 0.4) is 0 Å². The molecule has 0 N–H and O–H groups in total. The van der Waals surface area contributed by atoms with Gasteiger partial charge in [0.1, 0.15) is 0 Å². The van der Waals surface area contributed by atoms with Crippen LogP contribution in [0.25, 0.3) is 0 Å². The maximum Gasteiger partial charge on any atom is 0.418 e. The highest BCUT2D eigenvalue weighted by atomic mass is 19.4. The van der Waals surface area contributed by atoms with Crippen molar-refractivity contribution in [1.29, 1.82) is 0 Å². The van der Waals surface area contributed by atoms with Crippen LogP contribution in [0.2, 0.25) is 0 Å². The number of rotatable bonds is 3. The minimum absolute atomic E-state index is 0.103. The van der Waals surface area contributed by atoms with Crippen molar-refractivity contribution < 1.29 is 13.2 Å². The standard InChI is InChI=1S/C11H15F3N4/c1-17(2)10-6-5-8(15-16-18(3)4)7-9(10)11(12,13)14/h5-7H,1-4H3. The topological polar surface area (TPSA) is 31.2 Å². The van der Waals surface area contributed by atoms with Crippen molar-refractivity contribution >= 4 is 11.4 Å². The van der Waals surface area contributed by atoms with Crippen LogP contribution in [-0.2, 0) is 6.18 Å². The van der Waals surface area contributed by atoms with Crippen molar-refractivity contribution in [2.45, 2.75) is 6.18 Å². The molecule has 18 heavy (non-hydrogen) atoms. The van der Waals surface area contributed by atoms with Gasteiger partial charge in [0, 0.05) is 33.9 Å². The highest BCUT2D eigenvalue weighted by Gasteiger charge is 2.34. The lowest BCUT2D eigenvalue weighted by atomic mass is 10.1. The van der Waals surface area contributed by atoms with Crippen LogP contribution in [-0.4, -0.2) is 33.2 Å². The van der Waals surface area contributed by atoms with E-state index < -0.39 is 11.7 Å². The van der Waals surface area contributed by atoms with Gasteiger partial charge in [-0.2, -0.15) is 13.2 Å². The van der Waals surface area contributed by atoms with E-state index in [1.807, 2.05) is 0 Å². The maximum absolute atomic E-state index is 12.9. The van der Waals surface area contributed by atoms with Gasteiger partial charge in [0.25, 0.3) is 0 Å². The molecule has 0 fully saturated rings. The Morgan fingerprint density at radius 1 is 1.06 bits per heavy atom. The molecule has 0 aliphatic rings. The van der Waals surface area contributed by atoms with Gasteiger partial charge in [-0.25, -0.2) is 0 Å². The van der Waals surface area contributed by atoms with E-state index in [0.29, 0.717) is 0 Å². The zero-order valence-electron chi connectivity index (χ0n) is 10.7. The first-order valence-electron chi connectivity index (χ1n) is 5.19. The minimum atomic E-state index is -4.41. The third-order valence-corrected chi connectivity index (χ3v) is 2.11. The van der Waals surface area contributed by atoms with Crippen molar-refractivity contribution in [1.82, 2.24) is 5.01 Å². The second-order valence-corrected chi connectivity index (χ2v) is 4.13. The van der Waals surface area contributed by atoms with Crippen molar-refractivity contribution in [2.75, 3.05) is 33.1 Å². The summed E-state index contributed by atoms with van der Waals surface area (Å²) in [5.41, 5.74) is -0.448. The molecule has 0 atom stereocenters. The van der Waals surface area contributed by atoms with Gasteiger partial charge in [-0.05, 0) is 18.2 Å². The number of halogens is 3. The van der Waals surface area contributed by atoms with Gasteiger partial charge < -0.3 is 4.90 Å². The first-order valence-corrected chi connectivity index (χ1v) is 5.19. The van der Waals surface area contributed by atoms with E-state index in [2.05, 4.69) is 10.3 Å². The Hall–Kier alpha value is -1.79. The van der Waals surface area contributed by atoms with Gasteiger partial charge in [-0.3, -0.25) is 5.01 Å². The van der Waals surface area contributed by atoms with Gasteiger partial charge >= 0.3 is 6.18 Å². The quantitative estimate of drug-likeness (QED) is 0.616. The molecule has 0 aliphatic carbocycles. The second kappa shape index (κ2) is 5.24. The van der Waals surface area contributed by atoms with Gasteiger partial charge in [0.15, 0.2) is 0 Å². The van der Waals surface area contributed by atoms with Crippen molar-refractivity contribution in [3.05, 3.63) is 23.8 Å². The molecule has 100 valence electrons. The van der Waals surface area contributed by atoms with Crippen molar-refractivity contribution in [3.63, 3.8) is 0 Å². The molecule has 1 aromatic rings. The Morgan fingerprint density at radius 3 is 2.11 bits per heavy atom. The molecule has 4 nitrogen and oxygen atoms in total. The summed E-state index contributed by atoms with van der Waals surface area (Å²) in [6, 6.07) is 3.87. The molecule has 1 rings (SSSR count). The molecule has 0 radical (unpaired) electrons. The molecule has 7 heteroatoms. The van der Waals surface area contributed by atoms with Crippen LogP contribution in [0, 0.1) is 0 Å². The summed E-state index contributed by atoms with van der Waals surface area (Å²) in [7, 11) is 6.40. The van der Waals surface area contributed by atoms with Gasteiger partial charge in [-0.1, -0.05) is 5.22 Å². The molecular weight excluding hydrogens is 245 g/mol. The predicted molar refractivity (Wildman–Crippen MR) is 64.0 cm³/mol. The molecule has 1 aromatic carbocycles. The predicted octanol–water partition coefficient (Wildman–Crippen LogP) is 3.33. The number of hydrogen-bond donors (Lipinski definition) is 0. The summed E-state index contributed by atoms with van der Waals surface area (Å²) < 4.78 is 38.6. The summed E-state index contributed by atoms with van der Waals surface area (Å²) in [6.07, 6.45) is -4.41. The van der Waals surface area contributed by atoms with Crippen molar-refractivity contribution in [3.8, 4) is 0 Å². The smallest absolute Gasteiger partial charge is 0.377 e. The molecule has 0 bridgehead atoms. The lowest BCUT2D eigenvalue weighted by Crippen LogP contribution is -2.16. The molecule has 0 amide bonds. The van der Waals surface area contributed by atoms with E-state index in [-0.39, 0.29) is 11.4 Å². The van der Waals surface area contributed by atoms with Crippen LogP contribution in [0.1, 0.15) is 5.56 Å². The number of nitrogens with zero attached hydrogens (tertiary/aromatic N) is 4. The normalized spacial score (nSPS) is 11.9. The Labute approximate surface area is 104 Å². The number of anilines is 1. The Bertz CT molecular complexity index is 438. The fourth-order valence-corrected chi connectivity index (χ4v) is 1.34. The van der Waals surface area contributed by atoms with E-state index >= 15 is 0 Å². The van der Waals surface area contributed by atoms with Crippen LogP contribution < -0.4 is 4.90 Å². The summed E-state index contributed by atoms with van der Waals surface area (Å²) in [6.45, 7) is 0. The average molecular weight is 260 g/mol. The van der Waals surface area contributed by atoms with Crippen molar-refractivity contribution in [2.24, 2.45) is 10.3 Å². The van der Waals surface area contributed by atoms with Crippen LogP contribution >= 0.6 is 0 Å². The Morgan fingerprint density at radius 2 is 1.67 bits per heavy atom. The van der Waals surface area contributed by atoms with Crippen LogP contribution in [0.5, 0.6) is 0 Å². The third-order valence-electron chi connectivity index (χ3n) is 2.11. The third kappa shape index (κ3) is 3.61. The van der Waals surface area contributed by atoms with E-state index in [4.69, 9.17) is 0 Å².